The van der Waals surface area contributed by atoms with E-state index in [4.69, 9.17) is 11.6 Å². The van der Waals surface area contributed by atoms with Gasteiger partial charge < -0.3 is 5.32 Å². The molecule has 2 aromatic rings. The number of carbonyl (C=O) groups is 3. The highest BCUT2D eigenvalue weighted by molar-refractivity contribution is 6.32. The molecule has 2 saturated carbocycles. The molecule has 3 aliphatic rings. The van der Waals surface area contributed by atoms with E-state index in [-0.39, 0.29) is 29.6 Å². The van der Waals surface area contributed by atoms with Gasteiger partial charge in [-0.2, -0.15) is 0 Å². The summed E-state index contributed by atoms with van der Waals surface area (Å²) < 4.78 is 0. The molecule has 5 rings (SSSR count). The summed E-state index contributed by atoms with van der Waals surface area (Å²) in [5.74, 6) is -0.479. The summed E-state index contributed by atoms with van der Waals surface area (Å²) in [5, 5.41) is 3.43. The predicted octanol–water partition coefficient (Wildman–Crippen LogP) is 4.44. The van der Waals surface area contributed by atoms with Crippen LogP contribution in [0.5, 0.6) is 0 Å². The monoisotopic (exact) mass is 408 g/mol. The number of benzene rings is 2. The van der Waals surface area contributed by atoms with Gasteiger partial charge in [-0.05, 0) is 67.9 Å². The Bertz CT molecular complexity index is 1020. The van der Waals surface area contributed by atoms with Crippen molar-refractivity contribution in [2.45, 2.75) is 26.2 Å². The summed E-state index contributed by atoms with van der Waals surface area (Å²) in [5.41, 5.74) is 2.04. The maximum absolute atomic E-state index is 13.2. The Labute approximate surface area is 174 Å². The number of carbonyl (C=O) groups excluding carboxylic acids is 3. The van der Waals surface area contributed by atoms with Crippen molar-refractivity contribution in [1.82, 2.24) is 0 Å². The third-order valence-electron chi connectivity index (χ3n) is 6.83. The van der Waals surface area contributed by atoms with Gasteiger partial charge in [0.1, 0.15) is 0 Å². The fraction of sp³-hybridized carbons (Fsp3) is 0.348. The summed E-state index contributed by atoms with van der Waals surface area (Å²) >= 11 is 6.16. The highest BCUT2D eigenvalue weighted by atomic mass is 35.5. The second kappa shape index (κ2) is 6.70. The molecule has 1 saturated heterocycles. The third-order valence-corrected chi connectivity index (χ3v) is 7.24. The molecular weight excluding hydrogens is 388 g/mol. The number of para-hydroxylation sites is 1. The number of fused-ring (bicyclic) bond motifs is 5. The zero-order valence-corrected chi connectivity index (χ0v) is 16.8. The first-order chi connectivity index (χ1) is 14.0. The second-order valence-electron chi connectivity index (χ2n) is 8.28. The topological polar surface area (TPSA) is 66.5 Å². The van der Waals surface area contributed by atoms with Crippen LogP contribution in [-0.2, 0) is 9.59 Å². The Morgan fingerprint density at radius 1 is 1.00 bits per heavy atom. The molecule has 148 valence electrons. The van der Waals surface area contributed by atoms with E-state index in [2.05, 4.69) is 5.32 Å². The van der Waals surface area contributed by atoms with E-state index in [9.17, 15) is 14.4 Å². The summed E-state index contributed by atoms with van der Waals surface area (Å²) in [7, 11) is 0. The number of hydrogen-bond acceptors (Lipinski definition) is 3. The summed E-state index contributed by atoms with van der Waals surface area (Å²) in [6.07, 6.45) is 3.03. The van der Waals surface area contributed by atoms with E-state index in [0.29, 0.717) is 33.8 Å². The average molecular weight is 409 g/mol. The molecule has 6 heteroatoms. The first-order valence-corrected chi connectivity index (χ1v) is 10.4. The molecule has 2 bridgehead atoms. The fourth-order valence-corrected chi connectivity index (χ4v) is 5.61. The summed E-state index contributed by atoms with van der Waals surface area (Å²) in [6, 6.07) is 12.1. The molecule has 29 heavy (non-hydrogen) atoms. The van der Waals surface area contributed by atoms with E-state index in [0.717, 1.165) is 24.8 Å². The standard InChI is InChI=1S/C23H21ClN2O3/c1-12-16(24)6-4-7-17(12)25-21(27)15-5-2-3-8-18(15)26-22(28)19-13-9-10-14(11-13)20(19)23(26)29/h2-8,13-14,19-20H,9-11H2,1H3,(H,25,27)/t13-,14+,19-,20+. The van der Waals surface area contributed by atoms with Crippen molar-refractivity contribution in [3.8, 4) is 0 Å². The van der Waals surface area contributed by atoms with Crippen LogP contribution in [0.2, 0.25) is 5.02 Å². The van der Waals surface area contributed by atoms with Gasteiger partial charge in [0.15, 0.2) is 0 Å². The summed E-state index contributed by atoms with van der Waals surface area (Å²) in [4.78, 5) is 40.7. The van der Waals surface area contributed by atoms with Gasteiger partial charge in [0.05, 0.1) is 23.1 Å². The lowest BCUT2D eigenvalue weighted by molar-refractivity contribution is -0.123. The number of halogens is 1. The molecule has 1 heterocycles. The number of anilines is 2. The van der Waals surface area contributed by atoms with E-state index in [1.807, 2.05) is 6.92 Å². The van der Waals surface area contributed by atoms with Crippen molar-refractivity contribution < 1.29 is 14.4 Å². The van der Waals surface area contributed by atoms with Crippen LogP contribution in [0, 0.1) is 30.6 Å². The molecular formula is C23H21ClN2O3. The molecule has 3 amide bonds. The van der Waals surface area contributed by atoms with Crippen LogP contribution in [0.25, 0.3) is 0 Å². The minimum Gasteiger partial charge on any atom is -0.322 e. The van der Waals surface area contributed by atoms with Gasteiger partial charge >= 0.3 is 0 Å². The van der Waals surface area contributed by atoms with Gasteiger partial charge in [-0.3, -0.25) is 14.4 Å². The van der Waals surface area contributed by atoms with Gasteiger partial charge in [0, 0.05) is 10.7 Å². The number of nitrogens with zero attached hydrogens (tertiary/aromatic N) is 1. The Hall–Kier alpha value is -2.66. The largest absolute Gasteiger partial charge is 0.322 e. The van der Waals surface area contributed by atoms with Crippen molar-refractivity contribution in [2.75, 3.05) is 10.2 Å². The van der Waals surface area contributed by atoms with Gasteiger partial charge in [-0.15, -0.1) is 0 Å². The van der Waals surface area contributed by atoms with Crippen molar-refractivity contribution in [3.05, 3.63) is 58.6 Å². The van der Waals surface area contributed by atoms with Crippen LogP contribution >= 0.6 is 11.6 Å². The Morgan fingerprint density at radius 2 is 1.66 bits per heavy atom. The van der Waals surface area contributed by atoms with Crippen LogP contribution in [0.4, 0.5) is 11.4 Å². The van der Waals surface area contributed by atoms with Crippen molar-refractivity contribution in [1.29, 1.82) is 0 Å². The Morgan fingerprint density at radius 3 is 2.34 bits per heavy atom. The molecule has 0 aromatic heterocycles. The van der Waals surface area contributed by atoms with Gasteiger partial charge in [-0.25, -0.2) is 4.90 Å². The average Bonchev–Trinajstić information content (AvgIpc) is 3.39. The predicted molar refractivity (Wildman–Crippen MR) is 111 cm³/mol. The van der Waals surface area contributed by atoms with Gasteiger partial charge in [-0.1, -0.05) is 29.8 Å². The third kappa shape index (κ3) is 2.71. The lowest BCUT2D eigenvalue weighted by Crippen LogP contribution is -2.34. The molecule has 5 nitrogen and oxygen atoms in total. The Kier molecular flexibility index (Phi) is 4.24. The number of rotatable bonds is 3. The minimum atomic E-state index is -0.369. The molecule has 1 N–H and O–H groups in total. The van der Waals surface area contributed by atoms with Crippen LogP contribution < -0.4 is 10.2 Å². The summed E-state index contributed by atoms with van der Waals surface area (Å²) in [6.45, 7) is 1.83. The van der Waals surface area contributed by atoms with Crippen LogP contribution in [0.1, 0.15) is 35.2 Å². The molecule has 4 atom stereocenters. The van der Waals surface area contributed by atoms with Crippen LogP contribution in [0.15, 0.2) is 42.5 Å². The fourth-order valence-electron chi connectivity index (χ4n) is 5.44. The van der Waals surface area contributed by atoms with Gasteiger partial charge in [0.2, 0.25) is 11.8 Å². The number of hydrogen-bond donors (Lipinski definition) is 1. The van der Waals surface area contributed by atoms with Crippen LogP contribution in [0.3, 0.4) is 0 Å². The van der Waals surface area contributed by atoms with Gasteiger partial charge in [0.25, 0.3) is 5.91 Å². The molecule has 0 radical (unpaired) electrons. The first-order valence-electron chi connectivity index (χ1n) is 10.0. The highest BCUT2D eigenvalue weighted by Gasteiger charge is 2.61. The maximum Gasteiger partial charge on any atom is 0.257 e. The van der Waals surface area contributed by atoms with E-state index in [1.165, 1.54) is 4.90 Å². The number of imide groups is 1. The van der Waals surface area contributed by atoms with E-state index in [1.54, 1.807) is 42.5 Å². The molecule has 2 aromatic carbocycles. The molecule has 3 fully saturated rings. The van der Waals surface area contributed by atoms with Crippen LogP contribution in [-0.4, -0.2) is 17.7 Å². The molecule has 0 spiro atoms. The quantitative estimate of drug-likeness (QED) is 0.763. The van der Waals surface area contributed by atoms with Crippen molar-refractivity contribution >= 4 is 40.7 Å². The van der Waals surface area contributed by atoms with E-state index >= 15 is 0 Å². The highest BCUT2D eigenvalue weighted by Crippen LogP contribution is 2.56. The smallest absolute Gasteiger partial charge is 0.257 e. The normalized spacial score (nSPS) is 27.4. The first kappa shape index (κ1) is 18.4. The van der Waals surface area contributed by atoms with E-state index < -0.39 is 0 Å². The number of amides is 3. The van der Waals surface area contributed by atoms with Crippen molar-refractivity contribution in [3.63, 3.8) is 0 Å². The minimum absolute atomic E-state index is 0.147. The molecule has 1 aliphatic heterocycles. The Balaban J connectivity index is 1.49. The van der Waals surface area contributed by atoms with Crippen molar-refractivity contribution in [2.24, 2.45) is 23.7 Å². The second-order valence-corrected chi connectivity index (χ2v) is 8.69. The number of nitrogens with one attached hydrogen (secondary N) is 1. The zero-order valence-electron chi connectivity index (χ0n) is 16.0. The molecule has 0 unspecified atom stereocenters. The lowest BCUT2D eigenvalue weighted by Gasteiger charge is -2.20. The maximum atomic E-state index is 13.2. The lowest BCUT2D eigenvalue weighted by atomic mass is 9.81. The zero-order chi connectivity index (χ0) is 20.3. The SMILES string of the molecule is Cc1c(Cl)cccc1NC(=O)c1ccccc1N1C(=O)[C@@H]2[C@@H]3CC[C@@H](C3)[C@@H]2C1=O. The molecule has 2 aliphatic carbocycles.